The molecule has 0 aliphatic heterocycles. The quantitative estimate of drug-likeness (QED) is 0.564. The van der Waals surface area contributed by atoms with Crippen molar-refractivity contribution in [1.82, 2.24) is 0 Å². The minimum absolute atomic E-state index is 0.0283. The van der Waals surface area contributed by atoms with Crippen molar-refractivity contribution in [1.29, 1.82) is 0 Å². The van der Waals surface area contributed by atoms with Crippen molar-refractivity contribution in [3.8, 4) is 5.75 Å². The third-order valence-electron chi connectivity index (χ3n) is 3.37. The van der Waals surface area contributed by atoms with Crippen molar-refractivity contribution in [2.45, 2.75) is 6.92 Å². The zero-order chi connectivity index (χ0) is 15.7. The van der Waals surface area contributed by atoms with Crippen molar-refractivity contribution in [3.05, 3.63) is 63.4 Å². The number of hydrogen-bond acceptors (Lipinski definition) is 6. The zero-order valence-corrected chi connectivity index (χ0v) is 11.7. The smallest absolute Gasteiger partial charge is 0.360 e. The minimum Gasteiger partial charge on any atom is -0.508 e. The maximum absolute atomic E-state index is 12.1. The van der Waals surface area contributed by atoms with Gasteiger partial charge in [0.05, 0.1) is 0 Å². The lowest BCUT2D eigenvalue weighted by Gasteiger charge is -2.10. The standard InChI is InChI=1S/C16H12N2O4/c1-9-13-6-5-12(19)8-14(13)22-16(20)15(9)17-10-3-2-4-11(7-10)18-21/h2-8,17,19H,1H3. The predicted molar refractivity (Wildman–Crippen MR) is 84.1 cm³/mol. The first-order valence-corrected chi connectivity index (χ1v) is 6.55. The van der Waals surface area contributed by atoms with E-state index in [1.54, 1.807) is 31.2 Å². The molecule has 0 saturated heterocycles. The summed E-state index contributed by atoms with van der Waals surface area (Å²) >= 11 is 0. The number of benzene rings is 2. The molecule has 3 aromatic rings. The van der Waals surface area contributed by atoms with Crippen LogP contribution in [-0.4, -0.2) is 5.11 Å². The molecule has 0 radical (unpaired) electrons. The molecule has 2 aromatic carbocycles. The molecule has 0 aliphatic rings. The maximum atomic E-state index is 12.1. The molecule has 0 bridgehead atoms. The zero-order valence-electron chi connectivity index (χ0n) is 11.7. The van der Waals surface area contributed by atoms with Crippen LogP contribution in [0.1, 0.15) is 5.56 Å². The third-order valence-corrected chi connectivity index (χ3v) is 3.37. The Morgan fingerprint density at radius 2 is 2.00 bits per heavy atom. The van der Waals surface area contributed by atoms with E-state index in [1.165, 1.54) is 18.2 Å². The first kappa shape index (κ1) is 13.8. The molecule has 2 N–H and O–H groups in total. The van der Waals surface area contributed by atoms with Gasteiger partial charge in [0.1, 0.15) is 22.7 Å². The molecule has 0 spiro atoms. The van der Waals surface area contributed by atoms with Crippen LogP contribution >= 0.6 is 0 Å². The highest BCUT2D eigenvalue weighted by Gasteiger charge is 2.12. The average molecular weight is 296 g/mol. The van der Waals surface area contributed by atoms with Gasteiger partial charge in [-0.25, -0.2) is 4.79 Å². The number of rotatable bonds is 3. The van der Waals surface area contributed by atoms with Crippen molar-refractivity contribution in [2.24, 2.45) is 5.18 Å². The topological polar surface area (TPSA) is 91.9 Å². The number of hydrogen-bond donors (Lipinski definition) is 2. The van der Waals surface area contributed by atoms with Crippen LogP contribution in [0.3, 0.4) is 0 Å². The Morgan fingerprint density at radius 3 is 2.77 bits per heavy atom. The Balaban J connectivity index is 2.12. The van der Waals surface area contributed by atoms with Crippen molar-refractivity contribution < 1.29 is 9.52 Å². The summed E-state index contributed by atoms with van der Waals surface area (Å²) < 4.78 is 5.22. The fourth-order valence-corrected chi connectivity index (χ4v) is 2.27. The number of nitroso groups, excluding NO2 is 1. The van der Waals surface area contributed by atoms with E-state index in [1.807, 2.05) is 0 Å². The Kier molecular flexibility index (Phi) is 3.34. The molecule has 0 unspecified atom stereocenters. The number of fused-ring (bicyclic) bond motifs is 1. The molecule has 0 fully saturated rings. The molecular weight excluding hydrogens is 284 g/mol. The summed E-state index contributed by atoms with van der Waals surface area (Å²) in [5.74, 6) is 0.0283. The van der Waals surface area contributed by atoms with E-state index in [0.717, 1.165) is 0 Å². The van der Waals surface area contributed by atoms with E-state index >= 15 is 0 Å². The number of aromatic hydroxyl groups is 1. The summed E-state index contributed by atoms with van der Waals surface area (Å²) in [5.41, 5.74) is 1.55. The van der Waals surface area contributed by atoms with Crippen LogP contribution in [0, 0.1) is 11.8 Å². The molecular formula is C16H12N2O4. The second kappa shape index (κ2) is 5.33. The first-order valence-electron chi connectivity index (χ1n) is 6.55. The van der Waals surface area contributed by atoms with Gasteiger partial charge in [-0.2, -0.15) is 0 Å². The number of phenolic OH excluding ortho intramolecular Hbond substituents is 1. The second-order valence-electron chi connectivity index (χ2n) is 4.84. The fraction of sp³-hybridized carbons (Fsp3) is 0.0625. The van der Waals surface area contributed by atoms with Crippen LogP contribution in [0.15, 0.2) is 56.9 Å². The van der Waals surface area contributed by atoms with Gasteiger partial charge in [0.15, 0.2) is 0 Å². The van der Waals surface area contributed by atoms with Gasteiger partial charge in [0.2, 0.25) is 0 Å². The molecule has 6 heteroatoms. The molecule has 0 saturated carbocycles. The molecule has 0 amide bonds. The highest BCUT2D eigenvalue weighted by Crippen LogP contribution is 2.28. The van der Waals surface area contributed by atoms with Crippen molar-refractivity contribution in [3.63, 3.8) is 0 Å². The Bertz CT molecular complexity index is 931. The summed E-state index contributed by atoms with van der Waals surface area (Å²) in [6, 6.07) is 11.1. The molecule has 3 rings (SSSR count). The summed E-state index contributed by atoms with van der Waals surface area (Å²) in [6.07, 6.45) is 0. The number of nitrogens with one attached hydrogen (secondary N) is 1. The summed E-state index contributed by atoms with van der Waals surface area (Å²) in [4.78, 5) is 22.7. The Hall–Kier alpha value is -3.15. The van der Waals surface area contributed by atoms with Crippen molar-refractivity contribution in [2.75, 3.05) is 5.32 Å². The van der Waals surface area contributed by atoms with Crippen LogP contribution in [-0.2, 0) is 0 Å². The number of nitrogens with zero attached hydrogens (tertiary/aromatic N) is 1. The first-order chi connectivity index (χ1) is 10.6. The molecule has 1 aromatic heterocycles. The second-order valence-corrected chi connectivity index (χ2v) is 4.84. The van der Waals surface area contributed by atoms with Crippen LogP contribution in [0.25, 0.3) is 11.0 Å². The molecule has 0 atom stereocenters. The van der Waals surface area contributed by atoms with E-state index in [2.05, 4.69) is 10.5 Å². The Morgan fingerprint density at radius 1 is 1.18 bits per heavy atom. The van der Waals surface area contributed by atoms with Crippen LogP contribution in [0.4, 0.5) is 17.1 Å². The lowest BCUT2D eigenvalue weighted by Crippen LogP contribution is -2.09. The molecule has 6 nitrogen and oxygen atoms in total. The van der Waals surface area contributed by atoms with E-state index in [9.17, 15) is 14.8 Å². The number of anilines is 2. The van der Waals surface area contributed by atoms with Gasteiger partial charge in [-0.3, -0.25) is 0 Å². The number of phenols is 1. The fourth-order valence-electron chi connectivity index (χ4n) is 2.27. The van der Waals surface area contributed by atoms with Gasteiger partial charge in [-0.1, -0.05) is 6.07 Å². The molecule has 0 aliphatic carbocycles. The van der Waals surface area contributed by atoms with Crippen molar-refractivity contribution >= 4 is 28.0 Å². The summed E-state index contributed by atoms with van der Waals surface area (Å²) in [6.45, 7) is 1.78. The highest BCUT2D eigenvalue weighted by molar-refractivity contribution is 5.86. The van der Waals surface area contributed by atoms with Crippen LogP contribution < -0.4 is 10.9 Å². The maximum Gasteiger partial charge on any atom is 0.360 e. The normalized spacial score (nSPS) is 10.6. The highest BCUT2D eigenvalue weighted by atomic mass is 16.4. The Labute approximate surface area is 125 Å². The van der Waals surface area contributed by atoms with E-state index < -0.39 is 5.63 Å². The summed E-state index contributed by atoms with van der Waals surface area (Å²) in [5, 5.41) is 16.0. The van der Waals surface area contributed by atoms with Gasteiger partial charge in [-0.15, -0.1) is 4.91 Å². The largest absolute Gasteiger partial charge is 0.508 e. The van der Waals surface area contributed by atoms with Crippen LogP contribution in [0.2, 0.25) is 0 Å². The SMILES string of the molecule is Cc1c(Nc2cccc(N=O)c2)c(=O)oc2cc(O)ccc12. The minimum atomic E-state index is -0.555. The van der Waals surface area contributed by atoms with E-state index in [0.29, 0.717) is 22.2 Å². The van der Waals surface area contributed by atoms with Gasteiger partial charge in [-0.05, 0) is 48.0 Å². The van der Waals surface area contributed by atoms with Gasteiger partial charge >= 0.3 is 5.63 Å². The lowest BCUT2D eigenvalue weighted by atomic mass is 10.1. The third kappa shape index (κ3) is 2.42. The number of aryl methyl sites for hydroxylation is 1. The van der Waals surface area contributed by atoms with E-state index in [4.69, 9.17) is 4.42 Å². The lowest BCUT2D eigenvalue weighted by molar-refractivity contribution is 0.473. The van der Waals surface area contributed by atoms with E-state index in [-0.39, 0.29) is 17.1 Å². The monoisotopic (exact) mass is 296 g/mol. The van der Waals surface area contributed by atoms with Crippen LogP contribution in [0.5, 0.6) is 5.75 Å². The molecule has 110 valence electrons. The van der Waals surface area contributed by atoms with Gasteiger partial charge in [0.25, 0.3) is 0 Å². The predicted octanol–water partition coefficient (Wildman–Crippen LogP) is 3.95. The van der Waals surface area contributed by atoms with Gasteiger partial charge < -0.3 is 14.8 Å². The molecule has 22 heavy (non-hydrogen) atoms. The summed E-state index contributed by atoms with van der Waals surface area (Å²) in [7, 11) is 0. The molecule has 1 heterocycles. The van der Waals surface area contributed by atoms with Gasteiger partial charge in [0, 0.05) is 17.1 Å². The average Bonchev–Trinajstić information content (AvgIpc) is 2.51.